The van der Waals surface area contributed by atoms with Gasteiger partial charge in [-0.2, -0.15) is 0 Å². The molecule has 146 valence electrons. The van der Waals surface area contributed by atoms with Crippen molar-refractivity contribution >= 4 is 34.5 Å². The second-order valence-electron chi connectivity index (χ2n) is 6.73. The van der Waals surface area contributed by atoms with E-state index in [2.05, 4.69) is 20.2 Å². The molecule has 1 aliphatic rings. The molecule has 2 aromatic heterocycles. The number of ether oxygens (including phenoxy) is 1. The Morgan fingerprint density at radius 1 is 1.36 bits per heavy atom. The number of nitrogens with one attached hydrogen (secondary N) is 2. The molecule has 0 aliphatic carbocycles. The maximum Gasteiger partial charge on any atom is 0.221 e. The molecule has 0 radical (unpaired) electrons. The van der Waals surface area contributed by atoms with Gasteiger partial charge in [0.2, 0.25) is 5.91 Å². The van der Waals surface area contributed by atoms with Crippen LogP contribution in [0.4, 0.5) is 5.69 Å². The zero-order chi connectivity index (χ0) is 19.5. The number of rotatable bonds is 5. The van der Waals surface area contributed by atoms with E-state index in [1.807, 2.05) is 42.6 Å². The Hall–Kier alpha value is -2.19. The van der Waals surface area contributed by atoms with Crippen LogP contribution in [0.1, 0.15) is 24.4 Å². The van der Waals surface area contributed by atoms with Crippen LogP contribution < -0.4 is 5.32 Å². The minimum Gasteiger partial charge on any atom is -0.378 e. The van der Waals surface area contributed by atoms with E-state index < -0.39 is 0 Å². The summed E-state index contributed by atoms with van der Waals surface area (Å²) >= 11 is 7.58. The summed E-state index contributed by atoms with van der Waals surface area (Å²) in [5, 5.41) is 2.79. The van der Waals surface area contributed by atoms with Crippen LogP contribution >= 0.6 is 22.9 Å². The molecule has 1 amide bonds. The van der Waals surface area contributed by atoms with Gasteiger partial charge in [0.25, 0.3) is 0 Å². The van der Waals surface area contributed by atoms with Crippen LogP contribution in [0.2, 0.25) is 4.34 Å². The van der Waals surface area contributed by atoms with Crippen molar-refractivity contribution in [2.24, 2.45) is 0 Å². The number of H-pyrrole nitrogens is 1. The predicted octanol–water partition coefficient (Wildman–Crippen LogP) is 4.32. The molecule has 0 saturated carbocycles. The number of halogens is 1. The molecule has 8 heteroatoms. The number of aromatic amines is 1. The van der Waals surface area contributed by atoms with E-state index in [0.29, 0.717) is 13.2 Å². The van der Waals surface area contributed by atoms with E-state index in [0.717, 1.165) is 39.5 Å². The molecule has 1 unspecified atom stereocenters. The zero-order valence-corrected chi connectivity index (χ0v) is 17.0. The van der Waals surface area contributed by atoms with E-state index in [1.54, 1.807) is 0 Å². The Labute approximate surface area is 172 Å². The fourth-order valence-electron chi connectivity index (χ4n) is 3.30. The summed E-state index contributed by atoms with van der Waals surface area (Å²) in [6.07, 6.45) is 1.85. The molecule has 1 aliphatic heterocycles. The highest BCUT2D eigenvalue weighted by Gasteiger charge is 2.27. The summed E-state index contributed by atoms with van der Waals surface area (Å²) < 4.78 is 6.48. The predicted molar refractivity (Wildman–Crippen MR) is 112 cm³/mol. The van der Waals surface area contributed by atoms with Crippen molar-refractivity contribution in [3.63, 3.8) is 0 Å². The highest BCUT2D eigenvalue weighted by atomic mass is 35.5. The smallest absolute Gasteiger partial charge is 0.221 e. The Bertz CT molecular complexity index is 953. The zero-order valence-electron chi connectivity index (χ0n) is 15.4. The number of amides is 1. The monoisotopic (exact) mass is 416 g/mol. The minimum absolute atomic E-state index is 0.0629. The van der Waals surface area contributed by atoms with Gasteiger partial charge in [0, 0.05) is 25.7 Å². The van der Waals surface area contributed by atoms with Crippen LogP contribution in [-0.4, -0.2) is 40.5 Å². The second kappa shape index (κ2) is 8.45. The third-order valence-corrected chi connectivity index (χ3v) is 5.91. The highest BCUT2D eigenvalue weighted by molar-refractivity contribution is 7.19. The number of imidazole rings is 1. The molecule has 6 nitrogen and oxygen atoms in total. The van der Waals surface area contributed by atoms with Crippen molar-refractivity contribution in [2.45, 2.75) is 19.5 Å². The molecular formula is C20H21ClN4O2S. The topological polar surface area (TPSA) is 70.2 Å². The molecule has 1 fully saturated rings. The Morgan fingerprint density at radius 2 is 2.18 bits per heavy atom. The van der Waals surface area contributed by atoms with Gasteiger partial charge in [-0.15, -0.1) is 11.3 Å². The summed E-state index contributed by atoms with van der Waals surface area (Å²) in [7, 11) is 0. The fraction of sp³-hybridized carbons (Fsp3) is 0.300. The van der Waals surface area contributed by atoms with E-state index in [9.17, 15) is 4.79 Å². The lowest BCUT2D eigenvalue weighted by molar-refractivity contribution is -0.114. The number of nitrogens with zero attached hydrogens (tertiary/aromatic N) is 2. The highest BCUT2D eigenvalue weighted by Crippen LogP contribution is 2.32. The van der Waals surface area contributed by atoms with Gasteiger partial charge in [-0.05, 0) is 29.8 Å². The molecule has 1 atom stereocenters. The van der Waals surface area contributed by atoms with Crippen LogP contribution in [0.25, 0.3) is 10.6 Å². The largest absolute Gasteiger partial charge is 0.378 e. The number of hydrogen-bond acceptors (Lipinski definition) is 5. The lowest BCUT2D eigenvalue weighted by Gasteiger charge is -2.34. The van der Waals surface area contributed by atoms with Gasteiger partial charge in [0.1, 0.15) is 5.82 Å². The van der Waals surface area contributed by atoms with E-state index >= 15 is 0 Å². The summed E-state index contributed by atoms with van der Waals surface area (Å²) in [6.45, 7) is 4.43. The molecule has 1 aromatic carbocycles. The van der Waals surface area contributed by atoms with Crippen LogP contribution in [-0.2, 0) is 16.1 Å². The Kier molecular flexibility index (Phi) is 5.77. The van der Waals surface area contributed by atoms with E-state index in [4.69, 9.17) is 16.3 Å². The lowest BCUT2D eigenvalue weighted by Crippen LogP contribution is -2.39. The third-order valence-electron chi connectivity index (χ3n) is 4.65. The number of benzene rings is 1. The quantitative estimate of drug-likeness (QED) is 0.649. The molecule has 3 aromatic rings. The van der Waals surface area contributed by atoms with Crippen molar-refractivity contribution < 1.29 is 9.53 Å². The number of morpholine rings is 1. The number of carbonyl (C=O) groups excluding carboxylic acids is 1. The van der Waals surface area contributed by atoms with Crippen molar-refractivity contribution in [3.05, 3.63) is 58.3 Å². The SMILES string of the molecule is CC(=O)Nc1ccc(CN2CCOCC2c2ncc(-c3ccc(Cl)s3)[nH]2)cc1. The number of hydrogen-bond donors (Lipinski definition) is 2. The molecule has 4 rings (SSSR count). The number of thiophene rings is 1. The molecule has 2 N–H and O–H groups in total. The summed E-state index contributed by atoms with van der Waals surface area (Å²) in [6, 6.07) is 11.9. The molecule has 28 heavy (non-hydrogen) atoms. The van der Waals surface area contributed by atoms with Crippen molar-refractivity contribution in [1.82, 2.24) is 14.9 Å². The minimum atomic E-state index is -0.0679. The average molecular weight is 417 g/mol. The standard InChI is InChI=1S/C20H21ClN4O2S/c1-13(26)23-15-4-2-14(3-5-15)11-25-8-9-27-12-17(25)20-22-10-16(24-20)18-6-7-19(21)28-18/h2-7,10,17H,8-9,11-12H2,1H3,(H,22,24)(H,23,26). The summed E-state index contributed by atoms with van der Waals surface area (Å²) in [5.41, 5.74) is 2.95. The van der Waals surface area contributed by atoms with Crippen LogP contribution in [0.5, 0.6) is 0 Å². The van der Waals surface area contributed by atoms with Crippen molar-refractivity contribution in [1.29, 1.82) is 0 Å². The van der Waals surface area contributed by atoms with E-state index in [-0.39, 0.29) is 11.9 Å². The maximum absolute atomic E-state index is 11.2. The molecule has 1 saturated heterocycles. The average Bonchev–Trinajstić information content (AvgIpc) is 3.32. The molecular weight excluding hydrogens is 396 g/mol. The first-order valence-electron chi connectivity index (χ1n) is 9.07. The summed E-state index contributed by atoms with van der Waals surface area (Å²) in [5.74, 6) is 0.829. The molecule has 3 heterocycles. The van der Waals surface area contributed by atoms with Crippen molar-refractivity contribution in [2.75, 3.05) is 25.1 Å². The normalized spacial score (nSPS) is 17.6. The summed E-state index contributed by atoms with van der Waals surface area (Å²) in [4.78, 5) is 22.6. The van der Waals surface area contributed by atoms with Gasteiger partial charge < -0.3 is 15.0 Å². The number of aromatic nitrogens is 2. The van der Waals surface area contributed by atoms with Crippen LogP contribution in [0, 0.1) is 0 Å². The molecule has 0 spiro atoms. The second-order valence-corrected chi connectivity index (χ2v) is 8.44. The van der Waals surface area contributed by atoms with Gasteiger partial charge in [-0.1, -0.05) is 23.7 Å². The van der Waals surface area contributed by atoms with Crippen LogP contribution in [0.3, 0.4) is 0 Å². The first kappa shape index (κ1) is 19.1. The van der Waals surface area contributed by atoms with E-state index in [1.165, 1.54) is 23.8 Å². The Balaban J connectivity index is 1.49. The number of carbonyl (C=O) groups is 1. The molecule has 0 bridgehead atoms. The number of anilines is 1. The van der Waals surface area contributed by atoms with Gasteiger partial charge >= 0.3 is 0 Å². The lowest BCUT2D eigenvalue weighted by atomic mass is 10.1. The fourth-order valence-corrected chi connectivity index (χ4v) is 4.31. The van der Waals surface area contributed by atoms with Gasteiger partial charge in [-0.3, -0.25) is 9.69 Å². The first-order chi connectivity index (χ1) is 13.6. The van der Waals surface area contributed by atoms with Gasteiger partial charge in [0.15, 0.2) is 0 Å². The van der Waals surface area contributed by atoms with Gasteiger partial charge in [-0.25, -0.2) is 4.98 Å². The first-order valence-corrected chi connectivity index (χ1v) is 10.3. The maximum atomic E-state index is 11.2. The van der Waals surface area contributed by atoms with Gasteiger partial charge in [0.05, 0.1) is 40.4 Å². The van der Waals surface area contributed by atoms with Crippen molar-refractivity contribution in [3.8, 4) is 10.6 Å². The van der Waals surface area contributed by atoms with Crippen LogP contribution in [0.15, 0.2) is 42.6 Å². The third kappa shape index (κ3) is 4.44. The Morgan fingerprint density at radius 3 is 2.89 bits per heavy atom.